The molecule has 0 spiro atoms. The van der Waals surface area contributed by atoms with E-state index in [4.69, 9.17) is 5.73 Å². The van der Waals surface area contributed by atoms with Crippen LogP contribution in [0.5, 0.6) is 0 Å². The molecule has 0 saturated heterocycles. The van der Waals surface area contributed by atoms with Gasteiger partial charge in [-0.05, 0) is 0 Å². The third-order valence-corrected chi connectivity index (χ3v) is 1.70. The second-order valence-electron chi connectivity index (χ2n) is 2.44. The molecule has 0 amide bonds. The maximum absolute atomic E-state index is 11.4. The molecule has 0 saturated carbocycles. The van der Waals surface area contributed by atoms with Crippen LogP contribution in [0.4, 0.5) is 5.95 Å². The molecular formula is C8H13N5O. The lowest BCUT2D eigenvalue weighted by Crippen LogP contribution is -2.21. The number of hydrogen-bond acceptors (Lipinski definition) is 4. The van der Waals surface area contributed by atoms with Crippen LogP contribution in [0.25, 0.3) is 11.2 Å². The van der Waals surface area contributed by atoms with Gasteiger partial charge in [0.15, 0.2) is 11.2 Å². The molecule has 6 heteroatoms. The zero-order chi connectivity index (χ0) is 10.7. The summed E-state index contributed by atoms with van der Waals surface area (Å²) in [6.07, 6.45) is 1.42. The van der Waals surface area contributed by atoms with Crippen molar-refractivity contribution in [3.8, 4) is 0 Å². The third-order valence-electron chi connectivity index (χ3n) is 1.70. The number of nitrogens with one attached hydrogen (secondary N) is 1. The Kier molecular flexibility index (Phi) is 2.85. The summed E-state index contributed by atoms with van der Waals surface area (Å²) in [6, 6.07) is 0. The zero-order valence-electron chi connectivity index (χ0n) is 8.40. The first kappa shape index (κ1) is 10.2. The van der Waals surface area contributed by atoms with Gasteiger partial charge in [-0.15, -0.1) is 0 Å². The lowest BCUT2D eigenvalue weighted by molar-refractivity contribution is 0.858. The van der Waals surface area contributed by atoms with E-state index >= 15 is 0 Å². The molecule has 0 bridgehead atoms. The molecule has 2 aromatic heterocycles. The smallest absolute Gasteiger partial charge is 0.280 e. The number of nitrogens with zero attached hydrogens (tertiary/aromatic N) is 3. The molecule has 0 aromatic carbocycles. The van der Waals surface area contributed by atoms with Gasteiger partial charge in [0.25, 0.3) is 5.56 Å². The van der Waals surface area contributed by atoms with Gasteiger partial charge in [0.05, 0.1) is 6.33 Å². The Balaban J connectivity index is 0.000000461. The van der Waals surface area contributed by atoms with Crippen LogP contribution in [0.3, 0.4) is 0 Å². The Labute approximate surface area is 80.8 Å². The van der Waals surface area contributed by atoms with E-state index < -0.39 is 0 Å². The van der Waals surface area contributed by atoms with Crippen molar-refractivity contribution in [2.24, 2.45) is 7.05 Å². The van der Waals surface area contributed by atoms with E-state index in [-0.39, 0.29) is 11.5 Å². The molecule has 2 aromatic rings. The van der Waals surface area contributed by atoms with Crippen molar-refractivity contribution in [3.05, 3.63) is 16.7 Å². The highest BCUT2D eigenvalue weighted by atomic mass is 16.1. The van der Waals surface area contributed by atoms with Crippen molar-refractivity contribution < 1.29 is 0 Å². The number of fused-ring (bicyclic) bond motifs is 1. The molecule has 14 heavy (non-hydrogen) atoms. The molecule has 2 rings (SSSR count). The second-order valence-corrected chi connectivity index (χ2v) is 2.44. The minimum absolute atomic E-state index is 0.166. The van der Waals surface area contributed by atoms with Crippen LogP contribution in [0.15, 0.2) is 11.1 Å². The van der Waals surface area contributed by atoms with Crippen LogP contribution in [0.2, 0.25) is 0 Å². The van der Waals surface area contributed by atoms with Crippen molar-refractivity contribution in [2.45, 2.75) is 13.8 Å². The van der Waals surface area contributed by atoms with Crippen LogP contribution in [0, 0.1) is 0 Å². The van der Waals surface area contributed by atoms with Crippen molar-refractivity contribution in [1.29, 1.82) is 0 Å². The van der Waals surface area contributed by atoms with Crippen molar-refractivity contribution in [1.82, 2.24) is 19.5 Å². The SMILES string of the molecule is CC.Cn1c(N)nc2nc[nH]c2c1=O. The molecule has 0 atom stereocenters. The Morgan fingerprint density at radius 3 is 2.79 bits per heavy atom. The van der Waals surface area contributed by atoms with Gasteiger partial charge < -0.3 is 10.7 Å². The first-order valence-corrected chi connectivity index (χ1v) is 4.35. The van der Waals surface area contributed by atoms with Crippen LogP contribution in [0.1, 0.15) is 13.8 Å². The topological polar surface area (TPSA) is 89.6 Å². The zero-order valence-corrected chi connectivity index (χ0v) is 8.40. The first-order valence-electron chi connectivity index (χ1n) is 4.35. The predicted molar refractivity (Wildman–Crippen MR) is 54.9 cm³/mol. The van der Waals surface area contributed by atoms with Crippen LogP contribution in [-0.2, 0) is 7.05 Å². The third kappa shape index (κ3) is 1.46. The molecule has 3 N–H and O–H groups in total. The van der Waals surface area contributed by atoms with Gasteiger partial charge in [-0.3, -0.25) is 9.36 Å². The van der Waals surface area contributed by atoms with Crippen molar-refractivity contribution in [3.63, 3.8) is 0 Å². The van der Waals surface area contributed by atoms with Gasteiger partial charge in [-0.25, -0.2) is 4.98 Å². The number of rotatable bonds is 0. The minimum Gasteiger partial charge on any atom is -0.369 e. The summed E-state index contributed by atoms with van der Waals surface area (Å²) in [5.41, 5.74) is 5.97. The predicted octanol–water partition coefficient (Wildman–Crippen LogP) is 0.265. The molecule has 0 unspecified atom stereocenters. The number of nitrogen functional groups attached to an aromatic ring is 1. The van der Waals surface area contributed by atoms with E-state index in [1.54, 1.807) is 7.05 Å². The number of nitrogens with two attached hydrogens (primary N) is 1. The first-order chi connectivity index (χ1) is 6.70. The minimum atomic E-state index is -0.213. The van der Waals surface area contributed by atoms with E-state index in [0.717, 1.165) is 0 Å². The molecule has 0 radical (unpaired) electrons. The fraction of sp³-hybridized carbons (Fsp3) is 0.375. The van der Waals surface area contributed by atoms with E-state index in [1.165, 1.54) is 10.9 Å². The largest absolute Gasteiger partial charge is 0.369 e. The van der Waals surface area contributed by atoms with Gasteiger partial charge in [-0.2, -0.15) is 4.98 Å². The summed E-state index contributed by atoms with van der Waals surface area (Å²) in [6.45, 7) is 4.00. The summed E-state index contributed by atoms with van der Waals surface area (Å²) in [7, 11) is 1.56. The standard InChI is InChI=1S/C6H7N5O.C2H6/c1-11-5(12)3-4(9-2-8-3)10-6(11)7;1-2/h2H,1H3,(H2,7,10)(H,8,9);1-2H3. The molecule has 2 heterocycles. The molecular weight excluding hydrogens is 182 g/mol. The second kappa shape index (κ2) is 3.91. The molecule has 76 valence electrons. The summed E-state index contributed by atoms with van der Waals surface area (Å²) in [5, 5.41) is 0. The lowest BCUT2D eigenvalue weighted by atomic mass is 10.5. The Morgan fingerprint density at radius 2 is 2.14 bits per heavy atom. The summed E-state index contributed by atoms with van der Waals surface area (Å²) < 4.78 is 1.26. The maximum Gasteiger partial charge on any atom is 0.280 e. The van der Waals surface area contributed by atoms with Crippen LogP contribution < -0.4 is 11.3 Å². The van der Waals surface area contributed by atoms with Gasteiger partial charge in [0.2, 0.25) is 5.95 Å². The van der Waals surface area contributed by atoms with Gasteiger partial charge >= 0.3 is 0 Å². The van der Waals surface area contributed by atoms with Gasteiger partial charge in [-0.1, -0.05) is 13.8 Å². The summed E-state index contributed by atoms with van der Waals surface area (Å²) in [5.74, 6) is 0.166. The normalized spacial score (nSPS) is 9.64. The lowest BCUT2D eigenvalue weighted by Gasteiger charge is -1.99. The van der Waals surface area contributed by atoms with E-state index in [2.05, 4.69) is 15.0 Å². The highest BCUT2D eigenvalue weighted by Crippen LogP contribution is 2.01. The van der Waals surface area contributed by atoms with Gasteiger partial charge in [0.1, 0.15) is 0 Å². The van der Waals surface area contributed by atoms with Crippen LogP contribution >= 0.6 is 0 Å². The number of anilines is 1. The Hall–Kier alpha value is -1.85. The fourth-order valence-corrected chi connectivity index (χ4v) is 0.984. The monoisotopic (exact) mass is 195 g/mol. The van der Waals surface area contributed by atoms with E-state index in [9.17, 15) is 4.79 Å². The van der Waals surface area contributed by atoms with E-state index in [0.29, 0.717) is 11.2 Å². The number of imidazole rings is 1. The molecule has 6 nitrogen and oxygen atoms in total. The molecule has 0 aliphatic carbocycles. The fourth-order valence-electron chi connectivity index (χ4n) is 0.984. The van der Waals surface area contributed by atoms with E-state index in [1.807, 2.05) is 13.8 Å². The molecule has 0 fully saturated rings. The number of aromatic amines is 1. The number of H-pyrrole nitrogens is 1. The average molecular weight is 195 g/mol. The maximum atomic E-state index is 11.4. The van der Waals surface area contributed by atoms with Crippen molar-refractivity contribution in [2.75, 3.05) is 5.73 Å². The molecule has 0 aliphatic heterocycles. The molecule has 0 aliphatic rings. The Bertz CT molecular complexity index is 484. The highest BCUT2D eigenvalue weighted by molar-refractivity contribution is 5.69. The van der Waals surface area contributed by atoms with Crippen LogP contribution in [-0.4, -0.2) is 19.5 Å². The summed E-state index contributed by atoms with van der Waals surface area (Å²) in [4.78, 5) is 21.8. The van der Waals surface area contributed by atoms with Crippen molar-refractivity contribution >= 4 is 17.1 Å². The van der Waals surface area contributed by atoms with Gasteiger partial charge in [0, 0.05) is 7.05 Å². The number of aromatic nitrogens is 4. The average Bonchev–Trinajstić information content (AvgIpc) is 2.65. The quantitative estimate of drug-likeness (QED) is 0.631. The highest BCUT2D eigenvalue weighted by Gasteiger charge is 2.06. The number of hydrogen-bond donors (Lipinski definition) is 2. The Morgan fingerprint density at radius 1 is 1.50 bits per heavy atom. The summed E-state index contributed by atoms with van der Waals surface area (Å²) >= 11 is 0.